The number of hydrogen-bond donors (Lipinski definition) is 1. The van der Waals surface area contributed by atoms with Crippen LogP contribution in [0.1, 0.15) is 19.4 Å². The third-order valence-electron chi connectivity index (χ3n) is 3.11. The van der Waals surface area contributed by atoms with Crippen LogP contribution < -0.4 is 9.46 Å². The Morgan fingerprint density at radius 2 is 1.60 bits per heavy atom. The van der Waals surface area contributed by atoms with Gasteiger partial charge in [-0.05, 0) is 31.5 Å². The number of benzene rings is 2. The Morgan fingerprint density at radius 3 is 2.25 bits per heavy atom. The summed E-state index contributed by atoms with van der Waals surface area (Å²) in [5, 5.41) is 0. The van der Waals surface area contributed by atoms with Crippen molar-refractivity contribution in [3.8, 4) is 5.75 Å². The van der Waals surface area contributed by atoms with Gasteiger partial charge in [-0.15, -0.1) is 0 Å². The molecule has 0 bridgehead atoms. The molecule has 1 N–H and O–H groups in total. The molecule has 0 saturated carbocycles. The van der Waals surface area contributed by atoms with Crippen LogP contribution in [-0.2, 0) is 16.5 Å². The van der Waals surface area contributed by atoms with Gasteiger partial charge >= 0.3 is 0 Å². The van der Waals surface area contributed by atoms with Gasteiger partial charge in [-0.2, -0.15) is 0 Å². The lowest BCUT2D eigenvalue weighted by Crippen LogP contribution is -2.37. The third-order valence-corrected chi connectivity index (χ3v) is 4.54. The van der Waals surface area contributed by atoms with Gasteiger partial charge in [-0.25, -0.2) is 8.93 Å². The van der Waals surface area contributed by atoms with Crippen LogP contribution in [0, 0.1) is 0 Å². The smallest absolute Gasteiger partial charge is 0.136 e. The van der Waals surface area contributed by atoms with Gasteiger partial charge in [0.15, 0.2) is 0 Å². The first-order chi connectivity index (χ1) is 9.54. The molecule has 0 heterocycles. The molecule has 0 radical (unpaired) electrons. The van der Waals surface area contributed by atoms with Crippen molar-refractivity contribution in [1.82, 2.24) is 4.72 Å². The Balaban J connectivity index is 2.23. The van der Waals surface area contributed by atoms with E-state index in [0.717, 1.165) is 5.56 Å². The lowest BCUT2D eigenvalue weighted by molar-refractivity contribution is 0.403. The molecule has 0 saturated heterocycles. The van der Waals surface area contributed by atoms with Crippen LogP contribution in [0.25, 0.3) is 0 Å². The lowest BCUT2D eigenvalue weighted by atomic mass is 9.96. The van der Waals surface area contributed by atoms with Gasteiger partial charge in [0.2, 0.25) is 0 Å². The number of methoxy groups -OCH3 is 1. The number of ether oxygens (including phenoxy) is 1. The lowest BCUT2D eigenvalue weighted by Gasteiger charge is -2.26. The van der Waals surface area contributed by atoms with Gasteiger partial charge in [-0.3, -0.25) is 0 Å². The highest BCUT2D eigenvalue weighted by molar-refractivity contribution is 7.83. The summed E-state index contributed by atoms with van der Waals surface area (Å²) in [6.07, 6.45) is 0. The zero-order valence-electron chi connectivity index (χ0n) is 11.9. The van der Waals surface area contributed by atoms with Crippen LogP contribution in [0.15, 0.2) is 59.5 Å². The Kier molecular flexibility index (Phi) is 4.57. The molecule has 3 nitrogen and oxygen atoms in total. The minimum absolute atomic E-state index is 0.396. The van der Waals surface area contributed by atoms with Crippen LogP contribution in [0.4, 0.5) is 0 Å². The molecule has 2 aromatic rings. The molecule has 0 amide bonds. The summed E-state index contributed by atoms with van der Waals surface area (Å²) in [6, 6.07) is 17.3. The first-order valence-electron chi connectivity index (χ1n) is 6.43. The monoisotopic (exact) mass is 289 g/mol. The van der Waals surface area contributed by atoms with Gasteiger partial charge in [0, 0.05) is 0 Å². The van der Waals surface area contributed by atoms with E-state index in [-0.39, 0.29) is 0 Å². The Hall–Kier alpha value is -1.65. The number of nitrogens with one attached hydrogen (secondary N) is 1. The molecule has 106 valence electrons. The Morgan fingerprint density at radius 1 is 1.00 bits per heavy atom. The quantitative estimate of drug-likeness (QED) is 0.917. The Labute approximate surface area is 122 Å². The zero-order valence-corrected chi connectivity index (χ0v) is 12.7. The summed E-state index contributed by atoms with van der Waals surface area (Å²) < 4.78 is 20.9. The van der Waals surface area contributed by atoms with Crippen molar-refractivity contribution in [2.24, 2.45) is 0 Å². The average Bonchev–Trinajstić information content (AvgIpc) is 2.47. The molecule has 2 aromatic carbocycles. The van der Waals surface area contributed by atoms with Gasteiger partial charge < -0.3 is 4.74 Å². The highest BCUT2D eigenvalue weighted by Gasteiger charge is 2.24. The summed E-state index contributed by atoms with van der Waals surface area (Å²) >= 11 is 0. The second-order valence-corrected chi connectivity index (χ2v) is 6.19. The van der Waals surface area contributed by atoms with Crippen LogP contribution in [0.3, 0.4) is 0 Å². The number of rotatable bonds is 5. The van der Waals surface area contributed by atoms with Gasteiger partial charge in [-0.1, -0.05) is 42.5 Å². The van der Waals surface area contributed by atoms with Crippen LogP contribution in [0.5, 0.6) is 5.75 Å². The zero-order chi connectivity index (χ0) is 14.6. The maximum Gasteiger partial charge on any atom is 0.136 e. The van der Waals surface area contributed by atoms with E-state index in [2.05, 4.69) is 4.72 Å². The molecule has 1 unspecified atom stereocenters. The number of para-hydroxylation sites is 1. The first-order valence-corrected chi connectivity index (χ1v) is 7.58. The van der Waals surface area contributed by atoms with Crippen molar-refractivity contribution >= 4 is 11.0 Å². The van der Waals surface area contributed by atoms with E-state index in [1.807, 2.05) is 68.4 Å². The van der Waals surface area contributed by atoms with Crippen molar-refractivity contribution in [2.75, 3.05) is 7.11 Å². The molecule has 2 rings (SSSR count). The summed E-state index contributed by atoms with van der Waals surface area (Å²) in [7, 11) is 0.242. The molecule has 0 spiro atoms. The largest absolute Gasteiger partial charge is 0.495 e. The summed E-state index contributed by atoms with van der Waals surface area (Å²) in [4.78, 5) is 0.652. The van der Waals surface area contributed by atoms with E-state index in [9.17, 15) is 4.21 Å². The molecule has 0 aromatic heterocycles. The molecule has 1 atom stereocenters. The SMILES string of the molecule is COc1ccccc1S(=O)NC(C)(C)c1ccccc1. The van der Waals surface area contributed by atoms with Gasteiger partial charge in [0.1, 0.15) is 16.7 Å². The van der Waals surface area contributed by atoms with Crippen LogP contribution in [0.2, 0.25) is 0 Å². The third kappa shape index (κ3) is 3.26. The molecule has 0 aliphatic rings. The van der Waals surface area contributed by atoms with Crippen molar-refractivity contribution in [2.45, 2.75) is 24.3 Å². The van der Waals surface area contributed by atoms with Crippen molar-refractivity contribution in [3.05, 3.63) is 60.2 Å². The topological polar surface area (TPSA) is 38.3 Å². The standard InChI is InChI=1S/C16H19NO2S/c1-16(2,13-9-5-4-6-10-13)17-20(18)15-12-8-7-11-14(15)19-3/h4-12,17H,1-3H3. The predicted octanol–water partition coefficient (Wildman–Crippen LogP) is 3.24. The predicted molar refractivity (Wildman–Crippen MR) is 82.0 cm³/mol. The van der Waals surface area contributed by atoms with E-state index in [0.29, 0.717) is 10.6 Å². The van der Waals surface area contributed by atoms with Crippen LogP contribution >= 0.6 is 0 Å². The fraction of sp³-hybridized carbons (Fsp3) is 0.250. The van der Waals surface area contributed by atoms with E-state index in [1.54, 1.807) is 7.11 Å². The normalized spacial score (nSPS) is 12.9. The minimum Gasteiger partial charge on any atom is -0.495 e. The number of hydrogen-bond acceptors (Lipinski definition) is 2. The fourth-order valence-corrected chi connectivity index (χ4v) is 3.20. The molecule has 4 heteroatoms. The highest BCUT2D eigenvalue weighted by Crippen LogP contribution is 2.25. The van der Waals surface area contributed by atoms with Crippen molar-refractivity contribution in [3.63, 3.8) is 0 Å². The maximum atomic E-state index is 12.5. The molecular weight excluding hydrogens is 270 g/mol. The first kappa shape index (κ1) is 14.8. The van der Waals surface area contributed by atoms with Crippen molar-refractivity contribution < 1.29 is 8.95 Å². The highest BCUT2D eigenvalue weighted by atomic mass is 32.2. The molecule has 0 aliphatic carbocycles. The molecule has 0 fully saturated rings. The van der Waals surface area contributed by atoms with Crippen LogP contribution in [-0.4, -0.2) is 11.3 Å². The minimum atomic E-state index is -1.34. The summed E-state index contributed by atoms with van der Waals surface area (Å²) in [5.74, 6) is 0.627. The van der Waals surface area contributed by atoms with E-state index in [4.69, 9.17) is 4.74 Å². The van der Waals surface area contributed by atoms with E-state index >= 15 is 0 Å². The summed E-state index contributed by atoms with van der Waals surface area (Å²) in [5.41, 5.74) is 0.690. The van der Waals surface area contributed by atoms with Gasteiger partial charge in [0.25, 0.3) is 0 Å². The second kappa shape index (κ2) is 6.20. The Bertz CT molecular complexity index is 596. The van der Waals surface area contributed by atoms with E-state index in [1.165, 1.54) is 0 Å². The fourth-order valence-electron chi connectivity index (χ4n) is 1.97. The maximum absolute atomic E-state index is 12.5. The molecular formula is C16H19NO2S. The molecule has 20 heavy (non-hydrogen) atoms. The molecule has 0 aliphatic heterocycles. The van der Waals surface area contributed by atoms with E-state index < -0.39 is 16.5 Å². The average molecular weight is 289 g/mol. The van der Waals surface area contributed by atoms with Gasteiger partial charge in [0.05, 0.1) is 17.5 Å². The van der Waals surface area contributed by atoms with Crippen molar-refractivity contribution in [1.29, 1.82) is 0 Å². The second-order valence-electron chi connectivity index (χ2n) is 5.01. The summed E-state index contributed by atoms with van der Waals surface area (Å²) in [6.45, 7) is 4.02.